The van der Waals surface area contributed by atoms with Gasteiger partial charge in [-0.25, -0.2) is 8.42 Å². The first-order chi connectivity index (χ1) is 15.0. The van der Waals surface area contributed by atoms with Crippen LogP contribution in [0.3, 0.4) is 0 Å². The van der Waals surface area contributed by atoms with Crippen LogP contribution in [0.4, 0.5) is 11.4 Å². The summed E-state index contributed by atoms with van der Waals surface area (Å²) in [4.78, 5) is 5.28. The number of rotatable bonds is 7. The standard InChI is InChI=1S/C26H30N2O2S/c1-22-13-15-25(16-14-22)31(29,30)21-7-9-23-8-5-6-12-26(23)28-19-17-27(18-20-28)24-10-3-2-4-11-24/h2-6,8,10-16H,7,9,17-21H2,1H3. The summed E-state index contributed by atoms with van der Waals surface area (Å²) in [6, 6.07) is 26.1. The molecular formula is C26H30N2O2S. The molecule has 4 rings (SSSR count). The van der Waals surface area contributed by atoms with Gasteiger partial charge in [0.05, 0.1) is 10.6 Å². The molecule has 1 fully saturated rings. The lowest BCUT2D eigenvalue weighted by molar-refractivity contribution is 0.593. The first-order valence-electron chi connectivity index (χ1n) is 11.0. The molecule has 0 spiro atoms. The van der Waals surface area contributed by atoms with Gasteiger partial charge < -0.3 is 9.80 Å². The second-order valence-electron chi connectivity index (χ2n) is 8.17. The van der Waals surface area contributed by atoms with Gasteiger partial charge in [0.2, 0.25) is 0 Å². The van der Waals surface area contributed by atoms with E-state index >= 15 is 0 Å². The molecule has 1 saturated heterocycles. The van der Waals surface area contributed by atoms with E-state index in [-0.39, 0.29) is 5.75 Å². The van der Waals surface area contributed by atoms with Crippen molar-refractivity contribution in [3.05, 3.63) is 90.0 Å². The summed E-state index contributed by atoms with van der Waals surface area (Å²) >= 11 is 0. The minimum atomic E-state index is -3.24. The maximum Gasteiger partial charge on any atom is 0.178 e. The average Bonchev–Trinajstić information content (AvgIpc) is 2.80. The maximum atomic E-state index is 12.7. The molecule has 0 N–H and O–H groups in total. The lowest BCUT2D eigenvalue weighted by Crippen LogP contribution is -2.46. The fraction of sp³-hybridized carbons (Fsp3) is 0.308. The first kappa shape index (κ1) is 21.4. The van der Waals surface area contributed by atoms with Gasteiger partial charge in [-0.1, -0.05) is 54.1 Å². The predicted molar refractivity (Wildman–Crippen MR) is 129 cm³/mol. The SMILES string of the molecule is Cc1ccc(S(=O)(=O)CCCc2ccccc2N2CCN(c3ccccc3)CC2)cc1. The topological polar surface area (TPSA) is 40.6 Å². The van der Waals surface area contributed by atoms with Crippen LogP contribution in [0.15, 0.2) is 83.8 Å². The van der Waals surface area contributed by atoms with Crippen molar-refractivity contribution in [2.75, 3.05) is 41.7 Å². The third-order valence-electron chi connectivity index (χ3n) is 5.97. The minimum Gasteiger partial charge on any atom is -0.368 e. The van der Waals surface area contributed by atoms with Crippen LogP contribution in [0.25, 0.3) is 0 Å². The second kappa shape index (κ2) is 9.56. The van der Waals surface area contributed by atoms with Crippen molar-refractivity contribution in [1.82, 2.24) is 0 Å². The van der Waals surface area contributed by atoms with E-state index in [1.165, 1.54) is 16.9 Å². The van der Waals surface area contributed by atoms with E-state index in [2.05, 4.69) is 58.3 Å². The van der Waals surface area contributed by atoms with Gasteiger partial charge in [-0.3, -0.25) is 0 Å². The fourth-order valence-corrected chi connectivity index (χ4v) is 5.50. The zero-order chi connectivity index (χ0) is 21.7. The van der Waals surface area contributed by atoms with Crippen molar-refractivity contribution in [1.29, 1.82) is 0 Å². The molecule has 3 aromatic carbocycles. The van der Waals surface area contributed by atoms with Gasteiger partial charge in [0.25, 0.3) is 0 Å². The van der Waals surface area contributed by atoms with Crippen LogP contribution in [0.1, 0.15) is 17.5 Å². The number of para-hydroxylation sites is 2. The molecule has 1 heterocycles. The summed E-state index contributed by atoms with van der Waals surface area (Å²) in [5.74, 6) is 0.173. The molecule has 0 aromatic heterocycles. The normalized spacial score (nSPS) is 14.6. The monoisotopic (exact) mass is 434 g/mol. The summed E-state index contributed by atoms with van der Waals surface area (Å²) in [6.45, 7) is 5.87. The van der Waals surface area contributed by atoms with Crippen LogP contribution < -0.4 is 9.80 Å². The van der Waals surface area contributed by atoms with Crippen LogP contribution in [0.5, 0.6) is 0 Å². The lowest BCUT2D eigenvalue weighted by atomic mass is 10.1. The molecular weight excluding hydrogens is 404 g/mol. The maximum absolute atomic E-state index is 12.7. The number of benzene rings is 3. The van der Waals surface area contributed by atoms with E-state index in [9.17, 15) is 8.42 Å². The van der Waals surface area contributed by atoms with E-state index in [0.717, 1.165) is 38.2 Å². The Morgan fingerprint density at radius 1 is 0.742 bits per heavy atom. The molecule has 162 valence electrons. The van der Waals surface area contributed by atoms with E-state index in [0.29, 0.717) is 11.3 Å². The van der Waals surface area contributed by atoms with Crippen LogP contribution in [0, 0.1) is 6.92 Å². The molecule has 5 heteroatoms. The van der Waals surface area contributed by atoms with Crippen molar-refractivity contribution >= 4 is 21.2 Å². The largest absolute Gasteiger partial charge is 0.368 e. The molecule has 0 amide bonds. The highest BCUT2D eigenvalue weighted by Crippen LogP contribution is 2.25. The molecule has 0 atom stereocenters. The minimum absolute atomic E-state index is 0.173. The number of piperazine rings is 1. The highest BCUT2D eigenvalue weighted by atomic mass is 32.2. The molecule has 0 saturated carbocycles. The Balaban J connectivity index is 1.37. The summed E-state index contributed by atoms with van der Waals surface area (Å²) in [5.41, 5.74) is 4.81. The Kier molecular flexibility index (Phi) is 6.62. The van der Waals surface area contributed by atoms with Crippen molar-refractivity contribution in [3.63, 3.8) is 0 Å². The summed E-state index contributed by atoms with van der Waals surface area (Å²) in [7, 11) is -3.24. The summed E-state index contributed by atoms with van der Waals surface area (Å²) in [5, 5.41) is 0. The molecule has 4 nitrogen and oxygen atoms in total. The van der Waals surface area contributed by atoms with E-state index in [1.807, 2.05) is 25.1 Å². The van der Waals surface area contributed by atoms with Crippen LogP contribution >= 0.6 is 0 Å². The molecule has 0 aliphatic carbocycles. The number of nitrogens with zero attached hydrogens (tertiary/aromatic N) is 2. The average molecular weight is 435 g/mol. The molecule has 0 unspecified atom stereocenters. The fourth-order valence-electron chi connectivity index (χ4n) is 4.19. The summed E-state index contributed by atoms with van der Waals surface area (Å²) < 4.78 is 25.4. The Morgan fingerprint density at radius 3 is 2.06 bits per heavy atom. The smallest absolute Gasteiger partial charge is 0.178 e. The highest BCUT2D eigenvalue weighted by Gasteiger charge is 2.20. The van der Waals surface area contributed by atoms with Gasteiger partial charge in [-0.2, -0.15) is 0 Å². The van der Waals surface area contributed by atoms with Gasteiger partial charge in [0.1, 0.15) is 0 Å². The lowest BCUT2D eigenvalue weighted by Gasteiger charge is -2.38. The van der Waals surface area contributed by atoms with Crippen LogP contribution in [-0.4, -0.2) is 40.3 Å². The Morgan fingerprint density at radius 2 is 1.35 bits per heavy atom. The van der Waals surface area contributed by atoms with Gasteiger partial charge in [0.15, 0.2) is 9.84 Å². The van der Waals surface area contributed by atoms with Crippen molar-refractivity contribution < 1.29 is 8.42 Å². The molecule has 3 aromatic rings. The third-order valence-corrected chi connectivity index (χ3v) is 7.79. The number of sulfone groups is 1. The van der Waals surface area contributed by atoms with E-state index in [1.54, 1.807) is 12.1 Å². The highest BCUT2D eigenvalue weighted by molar-refractivity contribution is 7.91. The number of anilines is 2. The molecule has 1 aliphatic rings. The van der Waals surface area contributed by atoms with Crippen molar-refractivity contribution in [2.45, 2.75) is 24.7 Å². The number of aryl methyl sites for hydroxylation is 2. The van der Waals surface area contributed by atoms with Gasteiger partial charge >= 0.3 is 0 Å². The molecule has 0 radical (unpaired) electrons. The molecule has 1 aliphatic heterocycles. The van der Waals surface area contributed by atoms with Gasteiger partial charge in [-0.05, 0) is 55.7 Å². The second-order valence-corrected chi connectivity index (χ2v) is 10.3. The summed E-state index contributed by atoms with van der Waals surface area (Å²) in [6.07, 6.45) is 1.39. The zero-order valence-electron chi connectivity index (χ0n) is 18.1. The Bertz CT molecular complexity index is 1090. The van der Waals surface area contributed by atoms with Crippen molar-refractivity contribution in [3.8, 4) is 0 Å². The molecule has 31 heavy (non-hydrogen) atoms. The van der Waals surface area contributed by atoms with Crippen LogP contribution in [-0.2, 0) is 16.3 Å². The Hall–Kier alpha value is -2.79. The van der Waals surface area contributed by atoms with Crippen LogP contribution in [0.2, 0.25) is 0 Å². The zero-order valence-corrected chi connectivity index (χ0v) is 18.9. The van der Waals surface area contributed by atoms with Gasteiger partial charge in [0, 0.05) is 37.6 Å². The van der Waals surface area contributed by atoms with Gasteiger partial charge in [-0.15, -0.1) is 0 Å². The van der Waals surface area contributed by atoms with E-state index in [4.69, 9.17) is 0 Å². The first-order valence-corrected chi connectivity index (χ1v) is 12.6. The Labute approximate surface area is 186 Å². The van der Waals surface area contributed by atoms with E-state index < -0.39 is 9.84 Å². The van der Waals surface area contributed by atoms with Crippen molar-refractivity contribution in [2.24, 2.45) is 0 Å². The number of hydrogen-bond donors (Lipinski definition) is 0. The quantitative estimate of drug-likeness (QED) is 0.539. The number of hydrogen-bond acceptors (Lipinski definition) is 4. The molecule has 0 bridgehead atoms. The predicted octanol–water partition coefficient (Wildman–Crippen LogP) is 4.73. The third kappa shape index (κ3) is 5.28.